The van der Waals surface area contributed by atoms with Gasteiger partial charge in [-0.15, -0.1) is 10.1 Å². The molecule has 0 aliphatic heterocycles. The summed E-state index contributed by atoms with van der Waals surface area (Å²) in [5, 5.41) is 13.6. The summed E-state index contributed by atoms with van der Waals surface area (Å²) in [6, 6.07) is 0. The Bertz CT molecular complexity index is 32.8. The van der Waals surface area contributed by atoms with Crippen LogP contribution in [0, 0.1) is 10.1 Å². The first-order chi connectivity index (χ1) is 1.73. The van der Waals surface area contributed by atoms with Gasteiger partial charge in [-0.1, -0.05) is 0 Å². The van der Waals surface area contributed by atoms with Crippen molar-refractivity contribution in [2.45, 2.75) is 0 Å². The zero-order valence-electron chi connectivity index (χ0n) is 5.53. The first-order valence-corrected chi connectivity index (χ1v) is 0.565. The fraction of sp³-hybridized carbons (Fsp3) is 0. The number of hydrogen-bond donors (Lipinski definition) is 1. The van der Waals surface area contributed by atoms with Crippen LogP contribution in [0.3, 0.4) is 0 Å². The first kappa shape index (κ1) is 212. The standard InChI is InChI=1S/HNO3.Ni.7H2O/c2-1(3)4;;;;;;;;/h(H,2,3,4);;7*1H2. The van der Waals surface area contributed by atoms with Crippen molar-refractivity contribution >= 4 is 0 Å². The van der Waals surface area contributed by atoms with Gasteiger partial charge in [0.05, 0.1) is 0 Å². The molecule has 0 bridgehead atoms. The van der Waals surface area contributed by atoms with Crippen molar-refractivity contribution in [1.29, 1.82) is 0 Å². The third-order valence-corrected chi connectivity index (χ3v) is 0. The van der Waals surface area contributed by atoms with E-state index in [1.165, 1.54) is 0 Å². The van der Waals surface area contributed by atoms with E-state index in [2.05, 4.69) is 0 Å². The van der Waals surface area contributed by atoms with Crippen molar-refractivity contribution < 1.29 is 65.1 Å². The van der Waals surface area contributed by atoms with Gasteiger partial charge in [0, 0.05) is 16.5 Å². The van der Waals surface area contributed by atoms with E-state index in [4.69, 9.17) is 15.3 Å². The van der Waals surface area contributed by atoms with E-state index >= 15 is 0 Å². The predicted molar refractivity (Wildman–Crippen MR) is 34.1 cm³/mol. The van der Waals surface area contributed by atoms with E-state index in [1.54, 1.807) is 0 Å². The van der Waals surface area contributed by atoms with E-state index in [9.17, 15) is 0 Å². The fourth-order valence-electron chi connectivity index (χ4n) is 0. The van der Waals surface area contributed by atoms with Crippen molar-refractivity contribution in [3.63, 3.8) is 0 Å². The van der Waals surface area contributed by atoms with Gasteiger partial charge in [-0.3, -0.25) is 0 Å². The van der Waals surface area contributed by atoms with Crippen LogP contribution < -0.4 is 0 Å². The Labute approximate surface area is 76.2 Å². The molecule has 0 rings (SSSR count). The molecular formula is H15NNiO10. The molecule has 0 heterocycles. The molecule has 0 saturated carbocycles. The first-order valence-electron chi connectivity index (χ1n) is 0.565. The van der Waals surface area contributed by atoms with Crippen molar-refractivity contribution in [3.8, 4) is 0 Å². The van der Waals surface area contributed by atoms with Crippen LogP contribution in [0.2, 0.25) is 0 Å². The van der Waals surface area contributed by atoms with E-state index in [1.807, 2.05) is 0 Å². The zero-order chi connectivity index (χ0) is 3.58. The van der Waals surface area contributed by atoms with Gasteiger partial charge in [0.25, 0.3) is 5.09 Å². The van der Waals surface area contributed by atoms with Crippen LogP contribution >= 0.6 is 0 Å². The van der Waals surface area contributed by atoms with Crippen molar-refractivity contribution in [2.75, 3.05) is 0 Å². The summed E-state index contributed by atoms with van der Waals surface area (Å²) in [7, 11) is 0. The molecule has 0 aromatic heterocycles. The summed E-state index contributed by atoms with van der Waals surface area (Å²) in [6.45, 7) is 0. The normalized spacial score (nSPS) is 2.00. The maximum atomic E-state index is 8.36. The second-order valence-electron chi connectivity index (χ2n) is 0.238. The molecule has 0 unspecified atom stereocenters. The number of rotatable bonds is 0. The Morgan fingerprint density at radius 2 is 0.833 bits per heavy atom. The second-order valence-corrected chi connectivity index (χ2v) is 0.238. The summed E-state index contributed by atoms with van der Waals surface area (Å²) in [5.74, 6) is 0. The van der Waals surface area contributed by atoms with Crippen molar-refractivity contribution in [3.05, 3.63) is 10.1 Å². The maximum absolute atomic E-state index is 8.36. The Balaban J connectivity index is -0.00000000161. The zero-order valence-corrected chi connectivity index (χ0v) is 6.51. The van der Waals surface area contributed by atoms with Gasteiger partial charge in [0.15, 0.2) is 0 Å². The minimum absolute atomic E-state index is 0. The quantitative estimate of drug-likeness (QED) is 0.248. The molecule has 0 saturated heterocycles. The van der Waals surface area contributed by atoms with Gasteiger partial charge in [0.2, 0.25) is 0 Å². The molecule has 0 amide bonds. The van der Waals surface area contributed by atoms with Crippen LogP contribution in [-0.2, 0) is 16.5 Å². The van der Waals surface area contributed by atoms with Gasteiger partial charge in [-0.25, -0.2) is 0 Å². The van der Waals surface area contributed by atoms with Gasteiger partial charge < -0.3 is 43.5 Å². The van der Waals surface area contributed by atoms with Gasteiger partial charge in [-0.05, 0) is 0 Å². The topological polar surface area (TPSA) is 284 Å². The third-order valence-electron chi connectivity index (χ3n) is 0. The molecule has 0 radical (unpaired) electrons. The third kappa shape index (κ3) is 1940. The van der Waals surface area contributed by atoms with Crippen LogP contribution in [0.15, 0.2) is 0 Å². The number of nitrogens with zero attached hydrogens (tertiary/aromatic N) is 1. The predicted octanol–water partition coefficient (Wildman–Crippen LogP) is -6.12. The molecule has 0 aliphatic carbocycles. The summed E-state index contributed by atoms with van der Waals surface area (Å²) in [4.78, 5) is 8.36. The average Bonchev–Trinajstić information content (AvgIpc) is 0.811. The summed E-state index contributed by atoms with van der Waals surface area (Å²) in [5.41, 5.74) is 0. The molecule has 12 heteroatoms. The largest absolute Gasteiger partial charge is 0.412 e. The SMILES string of the molecule is O.O.O.O.O.O.O.O=[N+]([O-])O.[Ni]. The Morgan fingerprint density at radius 3 is 0.833 bits per heavy atom. The molecule has 0 aromatic rings. The van der Waals surface area contributed by atoms with Crippen molar-refractivity contribution in [1.82, 2.24) is 0 Å². The average molecular weight is 248 g/mol. The van der Waals surface area contributed by atoms with E-state index in [0.717, 1.165) is 0 Å². The van der Waals surface area contributed by atoms with Crippen LogP contribution in [0.25, 0.3) is 0 Å². The summed E-state index contributed by atoms with van der Waals surface area (Å²) >= 11 is 0. The molecule has 0 atom stereocenters. The smallest absolute Gasteiger partial charge is 0.291 e. The Kier molecular flexibility index (Phi) is 2810. The monoisotopic (exact) mass is 247 g/mol. The van der Waals surface area contributed by atoms with E-state index in [-0.39, 0.29) is 54.8 Å². The second kappa shape index (κ2) is 158. The van der Waals surface area contributed by atoms with E-state index < -0.39 is 5.09 Å². The summed E-state index contributed by atoms with van der Waals surface area (Å²) < 4.78 is 0. The minimum atomic E-state index is -1.50. The molecule has 0 fully saturated rings. The molecule has 90 valence electrons. The van der Waals surface area contributed by atoms with Crippen LogP contribution in [0.1, 0.15) is 0 Å². The van der Waals surface area contributed by atoms with Gasteiger partial charge >= 0.3 is 0 Å². The van der Waals surface area contributed by atoms with Crippen LogP contribution in [0.5, 0.6) is 0 Å². The molecule has 11 nitrogen and oxygen atoms in total. The molecule has 0 aromatic carbocycles. The molecule has 0 spiro atoms. The number of hydrogen-bond acceptors (Lipinski definition) is 2. The summed E-state index contributed by atoms with van der Waals surface area (Å²) in [6.07, 6.45) is 0. The fourth-order valence-corrected chi connectivity index (χ4v) is 0. The molecular weight excluding hydrogens is 233 g/mol. The molecule has 0 aliphatic rings. The Hall–Kier alpha value is -0.586. The van der Waals surface area contributed by atoms with E-state index in [0.29, 0.717) is 0 Å². The van der Waals surface area contributed by atoms with Crippen molar-refractivity contribution in [2.24, 2.45) is 0 Å². The van der Waals surface area contributed by atoms with Gasteiger partial charge in [0.1, 0.15) is 0 Å². The Morgan fingerprint density at radius 1 is 0.833 bits per heavy atom. The van der Waals surface area contributed by atoms with Crippen LogP contribution in [0.4, 0.5) is 0 Å². The minimum Gasteiger partial charge on any atom is -0.412 e. The maximum Gasteiger partial charge on any atom is 0.291 e. The van der Waals surface area contributed by atoms with Gasteiger partial charge in [-0.2, -0.15) is 0 Å². The van der Waals surface area contributed by atoms with Crippen LogP contribution in [-0.4, -0.2) is 48.6 Å². The molecule has 15 N–H and O–H groups in total. The molecule has 12 heavy (non-hydrogen) atoms.